The van der Waals surface area contributed by atoms with E-state index in [2.05, 4.69) is 63.3 Å². The Morgan fingerprint density at radius 1 is 1.17 bits per heavy atom. The van der Waals surface area contributed by atoms with E-state index in [0.29, 0.717) is 6.04 Å². The number of anilines is 1. The molecule has 1 atom stereocenters. The van der Waals surface area contributed by atoms with Crippen LogP contribution in [0.15, 0.2) is 36.4 Å². The molecule has 4 heteroatoms. The van der Waals surface area contributed by atoms with Gasteiger partial charge in [-0.1, -0.05) is 50.6 Å². The maximum atomic E-state index is 4.92. The summed E-state index contributed by atoms with van der Waals surface area (Å²) in [6.07, 6.45) is 3.13. The number of hydrogen-bond acceptors (Lipinski definition) is 3. The molecule has 2 heterocycles. The van der Waals surface area contributed by atoms with Gasteiger partial charge in [0.15, 0.2) is 5.65 Å². The highest BCUT2D eigenvalue weighted by molar-refractivity contribution is 5.80. The fourth-order valence-electron chi connectivity index (χ4n) is 2.96. The van der Waals surface area contributed by atoms with Crippen molar-refractivity contribution in [1.29, 1.82) is 0 Å². The molecule has 0 saturated carbocycles. The maximum Gasteiger partial charge on any atom is 0.165 e. The summed E-state index contributed by atoms with van der Waals surface area (Å²) in [6, 6.07) is 13.0. The van der Waals surface area contributed by atoms with E-state index in [1.54, 1.807) is 0 Å². The van der Waals surface area contributed by atoms with Crippen molar-refractivity contribution in [3.63, 3.8) is 0 Å². The Morgan fingerprint density at radius 3 is 2.58 bits per heavy atom. The maximum absolute atomic E-state index is 4.92. The van der Waals surface area contributed by atoms with Crippen LogP contribution >= 0.6 is 0 Å². The van der Waals surface area contributed by atoms with Gasteiger partial charge in [0.25, 0.3) is 0 Å². The fraction of sp³-hybridized carbons (Fsp3) is 0.400. The van der Waals surface area contributed by atoms with Gasteiger partial charge in [0.2, 0.25) is 0 Å². The Kier molecular flexibility index (Phi) is 4.84. The number of rotatable bonds is 6. The van der Waals surface area contributed by atoms with Crippen molar-refractivity contribution >= 4 is 11.5 Å². The van der Waals surface area contributed by atoms with Crippen LogP contribution in [0.5, 0.6) is 0 Å². The molecule has 0 aliphatic heterocycles. The van der Waals surface area contributed by atoms with Crippen LogP contribution in [0.1, 0.15) is 45.0 Å². The summed E-state index contributed by atoms with van der Waals surface area (Å²) in [5, 5.41) is 8.36. The Balaban J connectivity index is 2.21. The molecule has 24 heavy (non-hydrogen) atoms. The molecule has 3 rings (SSSR count). The van der Waals surface area contributed by atoms with Crippen molar-refractivity contribution in [2.45, 2.75) is 53.0 Å². The minimum Gasteiger partial charge on any atom is -0.367 e. The van der Waals surface area contributed by atoms with E-state index < -0.39 is 0 Å². The first-order valence-corrected chi connectivity index (χ1v) is 8.85. The van der Waals surface area contributed by atoms with E-state index in [-0.39, 0.29) is 0 Å². The summed E-state index contributed by atoms with van der Waals surface area (Å²) in [4.78, 5) is 4.92. The van der Waals surface area contributed by atoms with Gasteiger partial charge >= 0.3 is 0 Å². The van der Waals surface area contributed by atoms with Crippen molar-refractivity contribution in [1.82, 2.24) is 14.6 Å². The quantitative estimate of drug-likeness (QED) is 0.704. The number of benzene rings is 1. The number of nitrogens with zero attached hydrogens (tertiary/aromatic N) is 3. The van der Waals surface area contributed by atoms with Gasteiger partial charge in [0, 0.05) is 23.4 Å². The SMILES string of the molecule is CCCc1cc(N[C@@H](C)CC)n2nc(C)c(-c3ccccc3)c2n1. The molecule has 0 unspecified atom stereocenters. The summed E-state index contributed by atoms with van der Waals surface area (Å²) < 4.78 is 1.96. The number of fused-ring (bicyclic) bond motifs is 1. The standard InChI is InChI=1S/C20H26N4/c1-5-10-17-13-18(21-14(3)6-2)24-20(22-17)19(15(4)23-24)16-11-8-7-9-12-16/h7-9,11-14,21H,5-6,10H2,1-4H3/t14-/m0/s1. The normalized spacial score (nSPS) is 12.5. The van der Waals surface area contributed by atoms with Gasteiger partial charge in [-0.05, 0) is 32.3 Å². The van der Waals surface area contributed by atoms with Crippen LogP contribution in [-0.2, 0) is 6.42 Å². The summed E-state index contributed by atoms with van der Waals surface area (Å²) in [5.41, 5.74) is 5.36. The van der Waals surface area contributed by atoms with E-state index in [1.807, 2.05) is 10.6 Å². The Labute approximate surface area is 143 Å². The van der Waals surface area contributed by atoms with Crippen molar-refractivity contribution < 1.29 is 0 Å². The molecule has 3 aromatic rings. The van der Waals surface area contributed by atoms with Crippen molar-refractivity contribution in [3.05, 3.63) is 47.8 Å². The third-order valence-electron chi connectivity index (χ3n) is 4.39. The molecule has 0 aliphatic carbocycles. The fourth-order valence-corrected chi connectivity index (χ4v) is 2.96. The van der Waals surface area contributed by atoms with E-state index in [0.717, 1.165) is 47.7 Å². The second kappa shape index (κ2) is 7.04. The molecule has 0 bridgehead atoms. The second-order valence-electron chi connectivity index (χ2n) is 6.40. The highest BCUT2D eigenvalue weighted by Gasteiger charge is 2.17. The largest absolute Gasteiger partial charge is 0.367 e. The Hall–Kier alpha value is -2.36. The summed E-state index contributed by atoms with van der Waals surface area (Å²) in [5.74, 6) is 1.03. The zero-order chi connectivity index (χ0) is 17.1. The summed E-state index contributed by atoms with van der Waals surface area (Å²) >= 11 is 0. The van der Waals surface area contributed by atoms with Crippen LogP contribution in [0.2, 0.25) is 0 Å². The van der Waals surface area contributed by atoms with E-state index in [9.17, 15) is 0 Å². The highest BCUT2D eigenvalue weighted by atomic mass is 15.3. The lowest BCUT2D eigenvalue weighted by Crippen LogP contribution is -2.17. The third-order valence-corrected chi connectivity index (χ3v) is 4.39. The van der Waals surface area contributed by atoms with E-state index in [4.69, 9.17) is 10.1 Å². The molecule has 0 saturated heterocycles. The van der Waals surface area contributed by atoms with Gasteiger partial charge in [0.05, 0.1) is 5.69 Å². The molecule has 0 fully saturated rings. The average molecular weight is 322 g/mol. The van der Waals surface area contributed by atoms with Gasteiger partial charge < -0.3 is 5.32 Å². The van der Waals surface area contributed by atoms with Crippen LogP contribution < -0.4 is 5.32 Å². The first-order chi connectivity index (χ1) is 11.6. The van der Waals surface area contributed by atoms with Crippen LogP contribution in [0.3, 0.4) is 0 Å². The molecular formula is C20H26N4. The van der Waals surface area contributed by atoms with E-state index >= 15 is 0 Å². The molecule has 2 aromatic heterocycles. The molecule has 0 spiro atoms. The van der Waals surface area contributed by atoms with Crippen LogP contribution in [0.4, 0.5) is 5.82 Å². The molecule has 0 aliphatic rings. The van der Waals surface area contributed by atoms with Gasteiger partial charge in [-0.2, -0.15) is 9.61 Å². The van der Waals surface area contributed by atoms with Gasteiger partial charge in [0.1, 0.15) is 5.82 Å². The number of nitrogens with one attached hydrogen (secondary N) is 1. The van der Waals surface area contributed by atoms with Crippen molar-refractivity contribution in [3.8, 4) is 11.1 Å². The molecule has 126 valence electrons. The highest BCUT2D eigenvalue weighted by Crippen LogP contribution is 2.29. The zero-order valence-electron chi connectivity index (χ0n) is 15.0. The van der Waals surface area contributed by atoms with Crippen LogP contribution in [0, 0.1) is 6.92 Å². The summed E-state index contributed by atoms with van der Waals surface area (Å²) in [7, 11) is 0. The minimum atomic E-state index is 0.398. The Morgan fingerprint density at radius 2 is 1.92 bits per heavy atom. The molecular weight excluding hydrogens is 296 g/mol. The lowest BCUT2D eigenvalue weighted by atomic mass is 10.1. The average Bonchev–Trinajstić information content (AvgIpc) is 2.92. The molecule has 1 aromatic carbocycles. The topological polar surface area (TPSA) is 42.2 Å². The lowest BCUT2D eigenvalue weighted by Gasteiger charge is -2.15. The Bertz CT molecular complexity index is 821. The first-order valence-electron chi connectivity index (χ1n) is 8.85. The van der Waals surface area contributed by atoms with E-state index in [1.165, 1.54) is 5.56 Å². The smallest absolute Gasteiger partial charge is 0.165 e. The van der Waals surface area contributed by atoms with Crippen molar-refractivity contribution in [2.24, 2.45) is 0 Å². The lowest BCUT2D eigenvalue weighted by molar-refractivity contribution is 0.745. The molecule has 4 nitrogen and oxygen atoms in total. The van der Waals surface area contributed by atoms with Crippen LogP contribution in [0.25, 0.3) is 16.8 Å². The second-order valence-corrected chi connectivity index (χ2v) is 6.40. The molecule has 0 amide bonds. The summed E-state index contributed by atoms with van der Waals surface area (Å²) in [6.45, 7) is 8.63. The van der Waals surface area contributed by atoms with Gasteiger partial charge in [-0.25, -0.2) is 4.98 Å². The molecule has 0 radical (unpaired) electrons. The van der Waals surface area contributed by atoms with Crippen molar-refractivity contribution in [2.75, 3.05) is 5.32 Å². The number of aryl methyl sites for hydroxylation is 2. The predicted molar refractivity (Wildman–Crippen MR) is 101 cm³/mol. The monoisotopic (exact) mass is 322 g/mol. The third kappa shape index (κ3) is 3.14. The minimum absolute atomic E-state index is 0.398. The number of aromatic nitrogens is 3. The molecule has 1 N–H and O–H groups in total. The van der Waals surface area contributed by atoms with Crippen LogP contribution in [-0.4, -0.2) is 20.6 Å². The first kappa shape index (κ1) is 16.5. The van der Waals surface area contributed by atoms with Gasteiger partial charge in [-0.15, -0.1) is 0 Å². The zero-order valence-corrected chi connectivity index (χ0v) is 15.0. The van der Waals surface area contributed by atoms with Gasteiger partial charge in [-0.3, -0.25) is 0 Å². The number of hydrogen-bond donors (Lipinski definition) is 1. The predicted octanol–water partition coefficient (Wildman–Crippen LogP) is 4.87.